The van der Waals surface area contributed by atoms with E-state index < -0.39 is 0 Å². The van der Waals surface area contributed by atoms with Crippen molar-refractivity contribution in [3.05, 3.63) is 29.3 Å². The van der Waals surface area contributed by atoms with Gasteiger partial charge in [0.25, 0.3) is 0 Å². The highest BCUT2D eigenvalue weighted by Gasteiger charge is 2.26. The molecule has 1 unspecified atom stereocenters. The number of benzene rings is 1. The molecule has 1 aromatic carbocycles. The summed E-state index contributed by atoms with van der Waals surface area (Å²) >= 11 is 6.26. The van der Waals surface area contributed by atoms with Crippen molar-refractivity contribution in [3.63, 3.8) is 0 Å². The van der Waals surface area contributed by atoms with Crippen LogP contribution in [0.3, 0.4) is 0 Å². The summed E-state index contributed by atoms with van der Waals surface area (Å²) in [6.45, 7) is 2.13. The van der Waals surface area contributed by atoms with Crippen LogP contribution in [0.15, 0.2) is 18.2 Å². The van der Waals surface area contributed by atoms with Crippen LogP contribution in [0.25, 0.3) is 0 Å². The maximum atomic E-state index is 6.26. The van der Waals surface area contributed by atoms with Crippen LogP contribution in [0.5, 0.6) is 5.75 Å². The lowest BCUT2D eigenvalue weighted by Gasteiger charge is -2.30. The standard InChI is InChI=1S/C16H23ClO/c1-12-8-9-16(18-2)14(10-12)15(11-17)13-6-4-3-5-7-13/h8-10,13,15H,3-7,11H2,1-2H3. The molecule has 0 spiro atoms. The van der Waals surface area contributed by atoms with E-state index in [9.17, 15) is 0 Å². The molecule has 0 heterocycles. The van der Waals surface area contributed by atoms with E-state index in [1.165, 1.54) is 43.2 Å². The van der Waals surface area contributed by atoms with Gasteiger partial charge >= 0.3 is 0 Å². The lowest BCUT2D eigenvalue weighted by molar-refractivity contribution is 0.310. The van der Waals surface area contributed by atoms with Gasteiger partial charge in [0.15, 0.2) is 0 Å². The van der Waals surface area contributed by atoms with E-state index in [0.717, 1.165) is 11.7 Å². The third-order valence-electron chi connectivity index (χ3n) is 4.17. The number of hydrogen-bond donors (Lipinski definition) is 0. The Bertz CT molecular complexity index is 383. The molecule has 1 aromatic rings. The molecule has 1 atom stereocenters. The SMILES string of the molecule is COc1ccc(C)cc1C(CCl)C1CCCCC1. The number of ether oxygens (including phenoxy) is 1. The fourth-order valence-corrected chi connectivity index (χ4v) is 3.56. The molecule has 0 amide bonds. The van der Waals surface area contributed by atoms with Crippen LogP contribution in [-0.2, 0) is 0 Å². The second-order valence-electron chi connectivity index (χ2n) is 5.40. The predicted octanol–water partition coefficient (Wildman–Crippen LogP) is 4.91. The van der Waals surface area contributed by atoms with Gasteiger partial charge in [-0.25, -0.2) is 0 Å². The van der Waals surface area contributed by atoms with Crippen molar-refractivity contribution >= 4 is 11.6 Å². The molecule has 100 valence electrons. The highest BCUT2D eigenvalue weighted by molar-refractivity contribution is 6.18. The zero-order chi connectivity index (χ0) is 13.0. The Morgan fingerprint density at radius 3 is 2.61 bits per heavy atom. The molecule has 1 fully saturated rings. The minimum absolute atomic E-state index is 0.446. The normalized spacial score (nSPS) is 18.6. The molecule has 2 rings (SSSR count). The van der Waals surface area contributed by atoms with Gasteiger partial charge in [-0.2, -0.15) is 0 Å². The van der Waals surface area contributed by atoms with Crippen molar-refractivity contribution in [2.75, 3.05) is 13.0 Å². The summed E-state index contributed by atoms with van der Waals surface area (Å²) in [5.41, 5.74) is 2.59. The van der Waals surface area contributed by atoms with Gasteiger partial charge in [-0.15, -0.1) is 11.6 Å². The molecule has 1 aliphatic rings. The van der Waals surface area contributed by atoms with Crippen LogP contribution in [0.1, 0.15) is 49.1 Å². The first-order valence-electron chi connectivity index (χ1n) is 6.96. The summed E-state index contributed by atoms with van der Waals surface area (Å²) in [6, 6.07) is 6.43. The molecule has 0 radical (unpaired) electrons. The summed E-state index contributed by atoms with van der Waals surface area (Å²) in [4.78, 5) is 0. The van der Waals surface area contributed by atoms with E-state index in [-0.39, 0.29) is 0 Å². The van der Waals surface area contributed by atoms with Crippen molar-refractivity contribution in [1.82, 2.24) is 0 Å². The summed E-state index contributed by atoms with van der Waals surface area (Å²) < 4.78 is 5.52. The number of methoxy groups -OCH3 is 1. The molecule has 0 bridgehead atoms. The van der Waals surface area contributed by atoms with Crippen LogP contribution >= 0.6 is 11.6 Å². The smallest absolute Gasteiger partial charge is 0.122 e. The van der Waals surface area contributed by atoms with Crippen LogP contribution < -0.4 is 4.74 Å². The first kappa shape index (κ1) is 13.7. The van der Waals surface area contributed by atoms with E-state index in [2.05, 4.69) is 25.1 Å². The number of rotatable bonds is 4. The molecule has 1 nitrogen and oxygen atoms in total. The van der Waals surface area contributed by atoms with Gasteiger partial charge in [0, 0.05) is 11.8 Å². The topological polar surface area (TPSA) is 9.23 Å². The lowest BCUT2D eigenvalue weighted by Crippen LogP contribution is -2.18. The molecule has 18 heavy (non-hydrogen) atoms. The second-order valence-corrected chi connectivity index (χ2v) is 5.71. The van der Waals surface area contributed by atoms with Gasteiger partial charge in [0.2, 0.25) is 0 Å². The maximum absolute atomic E-state index is 6.26. The van der Waals surface area contributed by atoms with Crippen LogP contribution in [-0.4, -0.2) is 13.0 Å². The number of alkyl halides is 1. The van der Waals surface area contributed by atoms with Gasteiger partial charge in [0.05, 0.1) is 7.11 Å². The summed E-state index contributed by atoms with van der Waals surface area (Å²) in [6.07, 6.45) is 6.72. The molecular weight excluding hydrogens is 244 g/mol. The number of aryl methyl sites for hydroxylation is 1. The molecule has 0 saturated heterocycles. The minimum atomic E-state index is 0.446. The summed E-state index contributed by atoms with van der Waals surface area (Å²) in [5, 5.41) is 0. The first-order valence-corrected chi connectivity index (χ1v) is 7.50. The quantitative estimate of drug-likeness (QED) is 0.704. The van der Waals surface area contributed by atoms with E-state index in [1.807, 2.05) is 0 Å². The zero-order valence-electron chi connectivity index (χ0n) is 11.4. The molecule has 2 heteroatoms. The molecule has 0 N–H and O–H groups in total. The Hall–Kier alpha value is -0.690. The number of hydrogen-bond acceptors (Lipinski definition) is 1. The van der Waals surface area contributed by atoms with Gasteiger partial charge in [-0.1, -0.05) is 37.0 Å². The Labute approximate surface area is 115 Å². The molecule has 0 aromatic heterocycles. The molecule has 0 aliphatic heterocycles. The van der Waals surface area contributed by atoms with Crippen LogP contribution in [0.4, 0.5) is 0 Å². The maximum Gasteiger partial charge on any atom is 0.122 e. The minimum Gasteiger partial charge on any atom is -0.496 e. The van der Waals surface area contributed by atoms with Crippen molar-refractivity contribution in [2.24, 2.45) is 5.92 Å². The van der Waals surface area contributed by atoms with Crippen molar-refractivity contribution in [1.29, 1.82) is 0 Å². The fraction of sp³-hybridized carbons (Fsp3) is 0.625. The third kappa shape index (κ3) is 3.00. The predicted molar refractivity (Wildman–Crippen MR) is 77.8 cm³/mol. The average molecular weight is 267 g/mol. The molecule has 1 aliphatic carbocycles. The monoisotopic (exact) mass is 266 g/mol. The van der Waals surface area contributed by atoms with E-state index in [1.54, 1.807) is 7.11 Å². The summed E-state index contributed by atoms with van der Waals surface area (Å²) in [7, 11) is 1.75. The molecule has 1 saturated carbocycles. The third-order valence-corrected chi connectivity index (χ3v) is 4.50. The van der Waals surface area contributed by atoms with Gasteiger partial charge in [0.1, 0.15) is 5.75 Å². The van der Waals surface area contributed by atoms with Crippen molar-refractivity contribution < 1.29 is 4.74 Å². The van der Waals surface area contributed by atoms with Crippen molar-refractivity contribution in [2.45, 2.75) is 44.9 Å². The van der Waals surface area contributed by atoms with Crippen LogP contribution in [0.2, 0.25) is 0 Å². The van der Waals surface area contributed by atoms with E-state index >= 15 is 0 Å². The van der Waals surface area contributed by atoms with Crippen molar-refractivity contribution in [3.8, 4) is 5.75 Å². The van der Waals surface area contributed by atoms with E-state index in [4.69, 9.17) is 16.3 Å². The Balaban J connectivity index is 2.27. The second kappa shape index (κ2) is 6.47. The van der Waals surface area contributed by atoms with E-state index in [0.29, 0.717) is 11.8 Å². The first-order chi connectivity index (χ1) is 8.76. The Morgan fingerprint density at radius 2 is 2.00 bits per heavy atom. The highest BCUT2D eigenvalue weighted by Crippen LogP contribution is 2.40. The zero-order valence-corrected chi connectivity index (χ0v) is 12.2. The Morgan fingerprint density at radius 1 is 1.28 bits per heavy atom. The lowest BCUT2D eigenvalue weighted by atomic mass is 9.77. The Kier molecular flexibility index (Phi) is 4.94. The van der Waals surface area contributed by atoms with Crippen LogP contribution in [0, 0.1) is 12.8 Å². The fourth-order valence-electron chi connectivity index (χ4n) is 3.14. The number of halogens is 1. The largest absolute Gasteiger partial charge is 0.496 e. The highest BCUT2D eigenvalue weighted by atomic mass is 35.5. The molecular formula is C16H23ClO. The average Bonchev–Trinajstić information content (AvgIpc) is 2.41. The van der Waals surface area contributed by atoms with Gasteiger partial charge < -0.3 is 4.74 Å². The van der Waals surface area contributed by atoms with Gasteiger partial charge in [-0.3, -0.25) is 0 Å². The summed E-state index contributed by atoms with van der Waals surface area (Å²) in [5.74, 6) is 2.87. The van der Waals surface area contributed by atoms with Gasteiger partial charge in [-0.05, 0) is 37.3 Å².